The van der Waals surface area contributed by atoms with Crippen molar-refractivity contribution in [2.45, 2.75) is 36.8 Å². The van der Waals surface area contributed by atoms with Crippen molar-refractivity contribution in [1.29, 1.82) is 0 Å². The van der Waals surface area contributed by atoms with E-state index in [1.54, 1.807) is 0 Å². The lowest BCUT2D eigenvalue weighted by Gasteiger charge is -2.34. The maximum absolute atomic E-state index is 9.21. The molecule has 5 N–H and O–H groups in total. The Hall–Kier alpha value is -0.0551. The van der Waals surface area contributed by atoms with E-state index >= 15 is 0 Å². The van der Waals surface area contributed by atoms with E-state index in [0.29, 0.717) is 12.8 Å². The van der Waals surface area contributed by atoms with Crippen molar-refractivity contribution in [3.05, 3.63) is 0 Å². The van der Waals surface area contributed by atoms with Crippen molar-refractivity contribution in [2.24, 2.45) is 11.5 Å². The van der Waals surface area contributed by atoms with Gasteiger partial charge in [0, 0.05) is 12.1 Å². The molecule has 0 amide bonds. The van der Waals surface area contributed by atoms with Gasteiger partial charge in [-0.1, -0.05) is 5.82 Å². The predicted molar refractivity (Wildman–Crippen MR) is 40.7 cm³/mol. The molecular formula is C6H13BN2O. The Kier molecular flexibility index (Phi) is 2.34. The van der Waals surface area contributed by atoms with Crippen molar-refractivity contribution in [1.82, 2.24) is 0 Å². The number of hydrogen-bond donors (Lipinski definition) is 3. The molecule has 10 heavy (non-hydrogen) atoms. The molecule has 4 unspecified atom stereocenters. The molecule has 1 fully saturated rings. The molecule has 0 aromatic rings. The summed E-state index contributed by atoms with van der Waals surface area (Å²) in [5.41, 5.74) is 11.2. The second kappa shape index (κ2) is 2.90. The van der Waals surface area contributed by atoms with E-state index in [1.165, 1.54) is 0 Å². The molecule has 0 aromatic carbocycles. The van der Waals surface area contributed by atoms with E-state index in [1.807, 2.05) is 0 Å². The maximum Gasteiger partial charge on any atom is 0.0735 e. The molecule has 0 heterocycles. The zero-order valence-electron chi connectivity index (χ0n) is 5.90. The van der Waals surface area contributed by atoms with Gasteiger partial charge in [0.2, 0.25) is 0 Å². The molecule has 4 atom stereocenters. The summed E-state index contributed by atoms with van der Waals surface area (Å²) in [7, 11) is 5.55. The van der Waals surface area contributed by atoms with Gasteiger partial charge in [0.1, 0.15) is 0 Å². The van der Waals surface area contributed by atoms with Crippen LogP contribution in [0.5, 0.6) is 0 Å². The molecule has 0 spiro atoms. The van der Waals surface area contributed by atoms with E-state index in [9.17, 15) is 5.11 Å². The van der Waals surface area contributed by atoms with Gasteiger partial charge in [0.25, 0.3) is 0 Å². The minimum atomic E-state index is -0.463. The summed E-state index contributed by atoms with van der Waals surface area (Å²) >= 11 is 0. The zero-order valence-corrected chi connectivity index (χ0v) is 5.90. The Balaban J connectivity index is 2.46. The van der Waals surface area contributed by atoms with Crippen molar-refractivity contribution in [2.75, 3.05) is 0 Å². The minimum absolute atomic E-state index is 0.0431. The molecule has 0 aliphatic heterocycles. The molecule has 1 aliphatic rings. The van der Waals surface area contributed by atoms with Crippen LogP contribution in [-0.4, -0.2) is 31.1 Å². The van der Waals surface area contributed by atoms with Gasteiger partial charge in [0.15, 0.2) is 0 Å². The van der Waals surface area contributed by atoms with Crippen LogP contribution in [0.3, 0.4) is 0 Å². The van der Waals surface area contributed by atoms with Crippen LogP contribution in [0.4, 0.5) is 0 Å². The second-order valence-electron chi connectivity index (χ2n) is 3.03. The highest BCUT2D eigenvalue weighted by Gasteiger charge is 2.28. The monoisotopic (exact) mass is 140 g/mol. The van der Waals surface area contributed by atoms with Crippen LogP contribution >= 0.6 is 0 Å². The normalized spacial score (nSPS) is 49.1. The number of hydrogen-bond acceptors (Lipinski definition) is 3. The number of aliphatic hydroxyl groups excluding tert-OH is 1. The largest absolute Gasteiger partial charge is 0.394 e. The fraction of sp³-hybridized carbons (Fsp3) is 1.00. The van der Waals surface area contributed by atoms with Crippen LogP contribution in [0.25, 0.3) is 0 Å². The van der Waals surface area contributed by atoms with E-state index in [0.717, 1.165) is 0 Å². The van der Waals surface area contributed by atoms with E-state index < -0.39 is 6.10 Å². The molecule has 1 aliphatic carbocycles. The van der Waals surface area contributed by atoms with Crippen LogP contribution in [0, 0.1) is 0 Å². The van der Waals surface area contributed by atoms with Crippen LogP contribution in [-0.2, 0) is 0 Å². The van der Waals surface area contributed by atoms with Crippen LogP contribution in [0.2, 0.25) is 5.82 Å². The number of rotatable bonds is 0. The van der Waals surface area contributed by atoms with Gasteiger partial charge in [-0.15, -0.1) is 0 Å². The molecule has 4 heteroatoms. The molecule has 2 radical (unpaired) electrons. The first kappa shape index (κ1) is 8.05. The highest BCUT2D eigenvalue weighted by molar-refractivity contribution is 6.12. The Morgan fingerprint density at radius 3 is 2.20 bits per heavy atom. The van der Waals surface area contributed by atoms with Gasteiger partial charge in [-0.05, 0) is 12.8 Å². The Morgan fingerprint density at radius 2 is 1.70 bits per heavy atom. The summed E-state index contributed by atoms with van der Waals surface area (Å²) < 4.78 is 0. The van der Waals surface area contributed by atoms with Crippen LogP contribution < -0.4 is 11.5 Å². The fourth-order valence-electron chi connectivity index (χ4n) is 1.27. The van der Waals surface area contributed by atoms with Crippen LogP contribution in [0.15, 0.2) is 0 Å². The SMILES string of the molecule is [B]C1CC(N)C(N)CC1O. The van der Waals surface area contributed by atoms with Crippen molar-refractivity contribution < 1.29 is 5.11 Å². The zero-order chi connectivity index (χ0) is 7.72. The summed E-state index contributed by atoms with van der Waals surface area (Å²) in [5, 5.41) is 9.21. The molecule has 3 nitrogen and oxygen atoms in total. The minimum Gasteiger partial charge on any atom is -0.394 e. The summed E-state index contributed by atoms with van der Waals surface area (Å²) in [6, 6.07) is -0.131. The average Bonchev–Trinajstić information content (AvgIpc) is 1.84. The molecule has 1 saturated carbocycles. The highest BCUT2D eigenvalue weighted by atomic mass is 16.3. The first-order chi connectivity index (χ1) is 4.61. The van der Waals surface area contributed by atoms with Gasteiger partial charge in [-0.3, -0.25) is 0 Å². The van der Waals surface area contributed by atoms with Gasteiger partial charge >= 0.3 is 0 Å². The van der Waals surface area contributed by atoms with Crippen molar-refractivity contribution in [3.63, 3.8) is 0 Å². The molecule has 1 rings (SSSR count). The molecule has 0 bridgehead atoms. The fourth-order valence-corrected chi connectivity index (χ4v) is 1.27. The van der Waals surface area contributed by atoms with Crippen molar-refractivity contribution >= 4 is 7.85 Å². The smallest absolute Gasteiger partial charge is 0.0735 e. The summed E-state index contributed by atoms with van der Waals surface area (Å²) in [6.07, 6.45) is 0.694. The third kappa shape index (κ3) is 1.51. The highest BCUT2D eigenvalue weighted by Crippen LogP contribution is 2.24. The molecule has 56 valence electrons. The van der Waals surface area contributed by atoms with E-state index in [4.69, 9.17) is 19.3 Å². The first-order valence-corrected chi connectivity index (χ1v) is 3.56. The summed E-state index contributed by atoms with van der Waals surface area (Å²) in [5.74, 6) is -0.185. The predicted octanol–water partition coefficient (Wildman–Crippen LogP) is -1.25. The molecular weight excluding hydrogens is 127 g/mol. The van der Waals surface area contributed by atoms with E-state index in [-0.39, 0.29) is 17.9 Å². The Labute approximate surface area is 62.2 Å². The van der Waals surface area contributed by atoms with Crippen LogP contribution in [0.1, 0.15) is 12.8 Å². The summed E-state index contributed by atoms with van der Waals surface area (Å²) in [6.45, 7) is 0. The van der Waals surface area contributed by atoms with E-state index in [2.05, 4.69) is 0 Å². The standard InChI is InChI=1S/C6H13BN2O/c7-3-1-4(8)5(9)2-6(3)10/h3-6,10H,1-2,8-9H2. The quantitative estimate of drug-likeness (QED) is 0.368. The topological polar surface area (TPSA) is 72.3 Å². The second-order valence-corrected chi connectivity index (χ2v) is 3.03. The number of nitrogens with two attached hydrogens (primary N) is 2. The van der Waals surface area contributed by atoms with Gasteiger partial charge in [-0.2, -0.15) is 0 Å². The third-order valence-corrected chi connectivity index (χ3v) is 2.10. The lowest BCUT2D eigenvalue weighted by molar-refractivity contribution is 0.113. The summed E-state index contributed by atoms with van der Waals surface area (Å²) in [4.78, 5) is 0. The lowest BCUT2D eigenvalue weighted by Crippen LogP contribution is -2.49. The van der Waals surface area contributed by atoms with Crippen molar-refractivity contribution in [3.8, 4) is 0 Å². The molecule has 0 saturated heterocycles. The van der Waals surface area contributed by atoms with Gasteiger partial charge in [-0.25, -0.2) is 0 Å². The van der Waals surface area contributed by atoms with Gasteiger partial charge < -0.3 is 16.6 Å². The number of aliphatic hydroxyl groups is 1. The average molecular weight is 140 g/mol. The Morgan fingerprint density at radius 1 is 1.20 bits per heavy atom. The maximum atomic E-state index is 9.21. The molecule has 0 aromatic heterocycles. The van der Waals surface area contributed by atoms with Gasteiger partial charge in [0.05, 0.1) is 14.0 Å². The third-order valence-electron chi connectivity index (χ3n) is 2.10. The Bertz CT molecular complexity index is 96.3. The first-order valence-electron chi connectivity index (χ1n) is 3.56. The lowest BCUT2D eigenvalue weighted by atomic mass is 9.70.